The Kier molecular flexibility index (Phi) is 7.68. The first kappa shape index (κ1) is 27.4. The molecule has 2 aromatic carbocycles. The summed E-state index contributed by atoms with van der Waals surface area (Å²) in [5.41, 5.74) is 10.1. The SMILES string of the molecule is C=C(NCCC(=O)O)c1ccc(C(C)N2C(=O)C(c3ccc(N)cc3)=NC23CCC(C(C)(C)C)CC3)cc1. The largest absolute Gasteiger partial charge is 0.481 e. The van der Waals surface area contributed by atoms with E-state index in [0.29, 0.717) is 29.6 Å². The highest BCUT2D eigenvalue weighted by molar-refractivity contribution is 6.46. The quantitative estimate of drug-likeness (QED) is 0.394. The molecule has 1 amide bonds. The lowest BCUT2D eigenvalue weighted by atomic mass is 9.69. The van der Waals surface area contributed by atoms with Crippen LogP contribution in [0.25, 0.3) is 5.70 Å². The molecule has 1 unspecified atom stereocenters. The zero-order valence-corrected chi connectivity index (χ0v) is 23.0. The van der Waals surface area contributed by atoms with Crippen LogP contribution >= 0.6 is 0 Å². The zero-order valence-electron chi connectivity index (χ0n) is 23.0. The second-order valence-corrected chi connectivity index (χ2v) is 11.7. The summed E-state index contributed by atoms with van der Waals surface area (Å²) in [5, 5.41) is 11.9. The number of hydrogen-bond donors (Lipinski definition) is 3. The van der Waals surface area contributed by atoms with Crippen LogP contribution in [0, 0.1) is 11.3 Å². The summed E-state index contributed by atoms with van der Waals surface area (Å²) in [6, 6.07) is 15.2. The maximum Gasteiger partial charge on any atom is 0.305 e. The molecule has 1 fully saturated rings. The van der Waals surface area contributed by atoms with Crippen molar-refractivity contribution in [2.45, 2.75) is 71.5 Å². The summed E-state index contributed by atoms with van der Waals surface area (Å²) in [4.78, 5) is 32.0. The molecule has 7 heteroatoms. The summed E-state index contributed by atoms with van der Waals surface area (Å²) in [6.45, 7) is 13.3. The predicted molar refractivity (Wildman–Crippen MR) is 153 cm³/mol. The first-order valence-corrected chi connectivity index (χ1v) is 13.5. The minimum Gasteiger partial charge on any atom is -0.481 e. The molecule has 4 N–H and O–H groups in total. The summed E-state index contributed by atoms with van der Waals surface area (Å²) < 4.78 is 0. The van der Waals surface area contributed by atoms with Gasteiger partial charge in [-0.05, 0) is 67.2 Å². The minimum absolute atomic E-state index is 0.0275. The van der Waals surface area contributed by atoms with E-state index in [9.17, 15) is 9.59 Å². The van der Waals surface area contributed by atoms with Crippen LogP contribution in [-0.4, -0.2) is 39.8 Å². The zero-order chi connectivity index (χ0) is 27.7. The van der Waals surface area contributed by atoms with E-state index in [1.165, 1.54) is 0 Å². The topological polar surface area (TPSA) is 108 Å². The Morgan fingerprint density at radius 2 is 1.76 bits per heavy atom. The molecule has 1 atom stereocenters. The highest BCUT2D eigenvalue weighted by atomic mass is 16.4. The summed E-state index contributed by atoms with van der Waals surface area (Å²) in [7, 11) is 0. The molecule has 0 radical (unpaired) electrons. The molecular weight excluding hydrogens is 476 g/mol. The lowest BCUT2D eigenvalue weighted by molar-refractivity contribution is -0.137. The third kappa shape index (κ3) is 5.62. The van der Waals surface area contributed by atoms with Crippen molar-refractivity contribution in [3.05, 3.63) is 71.8 Å². The molecule has 38 heavy (non-hydrogen) atoms. The van der Waals surface area contributed by atoms with Crippen molar-refractivity contribution in [3.63, 3.8) is 0 Å². The average molecular weight is 517 g/mol. The van der Waals surface area contributed by atoms with Crippen molar-refractivity contribution in [3.8, 4) is 0 Å². The van der Waals surface area contributed by atoms with Gasteiger partial charge in [-0.2, -0.15) is 0 Å². The van der Waals surface area contributed by atoms with Gasteiger partial charge in [0.1, 0.15) is 11.4 Å². The summed E-state index contributed by atoms with van der Waals surface area (Å²) in [6.07, 6.45) is 3.76. The van der Waals surface area contributed by atoms with E-state index < -0.39 is 11.6 Å². The molecule has 1 saturated carbocycles. The monoisotopic (exact) mass is 516 g/mol. The van der Waals surface area contributed by atoms with Crippen molar-refractivity contribution < 1.29 is 14.7 Å². The van der Waals surface area contributed by atoms with Crippen LogP contribution in [0.1, 0.15) is 82.5 Å². The van der Waals surface area contributed by atoms with Crippen LogP contribution < -0.4 is 11.1 Å². The van der Waals surface area contributed by atoms with Gasteiger partial charge in [0, 0.05) is 23.5 Å². The molecule has 1 spiro atoms. The number of nitrogen functional groups attached to an aromatic ring is 1. The smallest absolute Gasteiger partial charge is 0.305 e. The van der Waals surface area contributed by atoms with Crippen LogP contribution in [0.5, 0.6) is 0 Å². The Balaban J connectivity index is 1.60. The number of anilines is 1. The minimum atomic E-state index is -0.851. The molecular formula is C31H40N4O3. The lowest BCUT2D eigenvalue weighted by Crippen LogP contribution is -2.50. The van der Waals surface area contributed by atoms with Crippen LogP contribution in [0.3, 0.4) is 0 Å². The molecule has 7 nitrogen and oxygen atoms in total. The number of benzene rings is 2. The fourth-order valence-electron chi connectivity index (χ4n) is 5.81. The van der Waals surface area contributed by atoms with Gasteiger partial charge in [0.15, 0.2) is 0 Å². The Bertz CT molecular complexity index is 1220. The summed E-state index contributed by atoms with van der Waals surface area (Å²) in [5.74, 6) is -0.300. The predicted octanol–water partition coefficient (Wildman–Crippen LogP) is 5.63. The molecule has 4 rings (SSSR count). The number of amides is 1. The van der Waals surface area contributed by atoms with Crippen LogP contribution in [0.2, 0.25) is 0 Å². The highest BCUT2D eigenvalue weighted by Crippen LogP contribution is 2.49. The van der Waals surface area contributed by atoms with Crippen LogP contribution in [0.4, 0.5) is 5.69 Å². The number of nitrogens with two attached hydrogens (primary N) is 1. The molecule has 1 aliphatic heterocycles. The average Bonchev–Trinajstić information content (AvgIpc) is 3.14. The van der Waals surface area contributed by atoms with Gasteiger partial charge < -0.3 is 21.1 Å². The van der Waals surface area contributed by atoms with E-state index in [2.05, 4.69) is 39.6 Å². The van der Waals surface area contributed by atoms with Crippen molar-refractivity contribution in [2.75, 3.05) is 12.3 Å². The number of carbonyl (C=O) groups is 2. The van der Waals surface area contributed by atoms with Gasteiger partial charge in [0.2, 0.25) is 0 Å². The van der Waals surface area contributed by atoms with Crippen LogP contribution in [0.15, 0.2) is 60.1 Å². The number of nitrogens with one attached hydrogen (secondary N) is 1. The van der Waals surface area contributed by atoms with Gasteiger partial charge >= 0.3 is 5.97 Å². The lowest BCUT2D eigenvalue weighted by Gasteiger charge is -2.46. The van der Waals surface area contributed by atoms with Gasteiger partial charge in [-0.25, -0.2) is 0 Å². The number of carboxylic acids is 1. The Morgan fingerprint density at radius 1 is 1.16 bits per heavy atom. The van der Waals surface area contributed by atoms with Gasteiger partial charge in [0.05, 0.1) is 12.5 Å². The number of aliphatic imine (C=N–C) groups is 1. The Morgan fingerprint density at radius 3 is 2.32 bits per heavy atom. The standard InChI is InChI=1S/C31H40N4O3/c1-20(33-19-16-27(36)37)22-6-8-23(9-7-22)21(2)35-29(38)28(24-10-12-26(32)13-11-24)34-31(35)17-14-25(15-18-31)30(3,4)5/h6-13,21,25,33H,1,14-19,32H2,2-5H3,(H,36,37). The van der Waals surface area contributed by atoms with E-state index in [1.54, 1.807) is 0 Å². The number of rotatable bonds is 8. The second-order valence-electron chi connectivity index (χ2n) is 11.7. The fraction of sp³-hybridized carbons (Fsp3) is 0.452. The normalized spacial score (nSPS) is 22.3. The number of carbonyl (C=O) groups excluding carboxylic acids is 1. The third-order valence-corrected chi connectivity index (χ3v) is 8.19. The molecule has 0 aromatic heterocycles. The Labute approximate surface area is 225 Å². The van der Waals surface area contributed by atoms with Gasteiger partial charge in [-0.3, -0.25) is 14.6 Å². The molecule has 0 saturated heterocycles. The number of carboxylic acid groups (broad SMARTS) is 1. The van der Waals surface area contributed by atoms with E-state index in [0.717, 1.165) is 42.4 Å². The molecule has 2 aromatic rings. The highest BCUT2D eigenvalue weighted by Gasteiger charge is 2.51. The number of hydrogen-bond acceptors (Lipinski definition) is 5. The fourth-order valence-corrected chi connectivity index (χ4v) is 5.81. The summed E-state index contributed by atoms with van der Waals surface area (Å²) >= 11 is 0. The van der Waals surface area contributed by atoms with E-state index in [4.69, 9.17) is 15.8 Å². The molecule has 0 bridgehead atoms. The van der Waals surface area contributed by atoms with E-state index in [1.807, 2.05) is 53.4 Å². The Hall–Kier alpha value is -3.61. The van der Waals surface area contributed by atoms with Crippen molar-refractivity contribution in [1.29, 1.82) is 0 Å². The van der Waals surface area contributed by atoms with E-state index in [-0.39, 0.29) is 23.8 Å². The van der Waals surface area contributed by atoms with Gasteiger partial charge in [-0.1, -0.05) is 63.7 Å². The molecule has 202 valence electrons. The molecule has 1 heterocycles. The van der Waals surface area contributed by atoms with Crippen LogP contribution in [-0.2, 0) is 9.59 Å². The van der Waals surface area contributed by atoms with Gasteiger partial charge in [0.25, 0.3) is 5.91 Å². The van der Waals surface area contributed by atoms with E-state index >= 15 is 0 Å². The third-order valence-electron chi connectivity index (χ3n) is 8.19. The molecule has 2 aliphatic rings. The maximum absolute atomic E-state index is 14.0. The van der Waals surface area contributed by atoms with Crippen molar-refractivity contribution in [2.24, 2.45) is 16.3 Å². The first-order chi connectivity index (χ1) is 17.9. The second kappa shape index (κ2) is 10.6. The maximum atomic E-state index is 14.0. The number of nitrogens with zero attached hydrogens (tertiary/aromatic N) is 2. The number of aliphatic carboxylic acids is 1. The van der Waals surface area contributed by atoms with Crippen molar-refractivity contribution >= 4 is 29.0 Å². The molecule has 1 aliphatic carbocycles. The van der Waals surface area contributed by atoms with Crippen molar-refractivity contribution in [1.82, 2.24) is 10.2 Å². The van der Waals surface area contributed by atoms with Gasteiger partial charge in [-0.15, -0.1) is 0 Å². The first-order valence-electron chi connectivity index (χ1n) is 13.5.